The molecule has 0 atom stereocenters. The van der Waals surface area contributed by atoms with Gasteiger partial charge in [-0.2, -0.15) is 0 Å². The fourth-order valence-electron chi connectivity index (χ4n) is 2.04. The van der Waals surface area contributed by atoms with Gasteiger partial charge < -0.3 is 4.74 Å². The van der Waals surface area contributed by atoms with Crippen LogP contribution in [0.4, 0.5) is 0 Å². The topological polar surface area (TPSA) is 57.3 Å². The Balaban J connectivity index is 2.17. The van der Waals surface area contributed by atoms with Crippen LogP contribution in [0.25, 0.3) is 17.1 Å². The van der Waals surface area contributed by atoms with Crippen LogP contribution < -0.4 is 10.5 Å². The van der Waals surface area contributed by atoms with E-state index in [1.165, 1.54) is 11.7 Å². The summed E-state index contributed by atoms with van der Waals surface area (Å²) in [5.41, 5.74) is 1.33. The summed E-state index contributed by atoms with van der Waals surface area (Å²) in [5, 5.41) is 4.24. The average molecular weight is 303 g/mol. The summed E-state index contributed by atoms with van der Waals surface area (Å²) in [6.07, 6.45) is 0. The second-order valence-corrected chi connectivity index (χ2v) is 4.70. The summed E-state index contributed by atoms with van der Waals surface area (Å²) in [6.45, 7) is 0. The van der Waals surface area contributed by atoms with E-state index < -0.39 is 5.76 Å². The highest BCUT2D eigenvalue weighted by atomic mass is 35.5. The lowest BCUT2D eigenvalue weighted by atomic mass is 10.2. The lowest BCUT2D eigenvalue weighted by Gasteiger charge is -2.07. The van der Waals surface area contributed by atoms with Crippen molar-refractivity contribution < 1.29 is 9.26 Å². The summed E-state index contributed by atoms with van der Waals surface area (Å²) in [6, 6.07) is 14.3. The van der Waals surface area contributed by atoms with Gasteiger partial charge in [-0.3, -0.25) is 4.52 Å². The van der Waals surface area contributed by atoms with Gasteiger partial charge >= 0.3 is 5.76 Å². The van der Waals surface area contributed by atoms with Gasteiger partial charge in [-0.05, 0) is 18.2 Å². The van der Waals surface area contributed by atoms with E-state index in [0.717, 1.165) is 5.56 Å². The summed E-state index contributed by atoms with van der Waals surface area (Å²) >= 11 is 6.11. The third kappa shape index (κ3) is 2.43. The molecule has 0 saturated heterocycles. The number of hydrogen-bond acceptors (Lipinski definition) is 4. The molecule has 21 heavy (non-hydrogen) atoms. The minimum Gasteiger partial charge on any atom is -0.495 e. The molecule has 0 radical (unpaired) electrons. The van der Waals surface area contributed by atoms with Crippen LogP contribution in [-0.2, 0) is 0 Å². The molecule has 3 rings (SSSR count). The number of rotatable bonds is 3. The predicted octanol–water partition coefficient (Wildman–Crippen LogP) is 3.15. The van der Waals surface area contributed by atoms with E-state index in [4.69, 9.17) is 20.9 Å². The molecule has 0 N–H and O–H groups in total. The monoisotopic (exact) mass is 302 g/mol. The van der Waals surface area contributed by atoms with Gasteiger partial charge in [-0.15, -0.1) is 0 Å². The first-order chi connectivity index (χ1) is 10.2. The molecular formula is C15H11ClN2O3. The molecular weight excluding hydrogens is 292 g/mol. The minimum absolute atomic E-state index is 0.405. The quantitative estimate of drug-likeness (QED) is 0.746. The normalized spacial score (nSPS) is 10.6. The zero-order valence-electron chi connectivity index (χ0n) is 11.1. The highest BCUT2D eigenvalue weighted by Gasteiger charge is 2.15. The first-order valence-electron chi connectivity index (χ1n) is 6.19. The van der Waals surface area contributed by atoms with Gasteiger partial charge in [0.25, 0.3) is 0 Å². The number of ether oxygens (including phenoxy) is 1. The van der Waals surface area contributed by atoms with Gasteiger partial charge in [0.1, 0.15) is 5.75 Å². The Kier molecular flexibility index (Phi) is 3.50. The number of aromatic nitrogens is 2. The number of halogens is 1. The Labute approximate surface area is 125 Å². The van der Waals surface area contributed by atoms with Crippen molar-refractivity contribution in [2.75, 3.05) is 7.11 Å². The van der Waals surface area contributed by atoms with E-state index in [0.29, 0.717) is 22.3 Å². The van der Waals surface area contributed by atoms with E-state index >= 15 is 0 Å². The van der Waals surface area contributed by atoms with Gasteiger partial charge in [0, 0.05) is 5.56 Å². The van der Waals surface area contributed by atoms with Gasteiger partial charge in [0.2, 0.25) is 0 Å². The number of hydrogen-bond donors (Lipinski definition) is 0. The largest absolute Gasteiger partial charge is 0.495 e. The van der Waals surface area contributed by atoms with Crippen LogP contribution in [0.2, 0.25) is 5.02 Å². The molecule has 0 spiro atoms. The second kappa shape index (κ2) is 5.46. The Bertz CT molecular complexity index is 824. The predicted molar refractivity (Wildman–Crippen MR) is 79.1 cm³/mol. The molecule has 2 aromatic carbocycles. The number of nitrogens with zero attached hydrogens (tertiary/aromatic N) is 2. The van der Waals surface area contributed by atoms with Gasteiger partial charge in [-0.1, -0.05) is 47.1 Å². The van der Waals surface area contributed by atoms with Crippen molar-refractivity contribution in [2.24, 2.45) is 0 Å². The zero-order chi connectivity index (χ0) is 14.8. The maximum absolute atomic E-state index is 11.9. The Morgan fingerprint density at radius 1 is 1.19 bits per heavy atom. The SMILES string of the molecule is COc1ccc(-n2c(-c3ccccc3)noc2=O)cc1Cl. The Morgan fingerprint density at radius 3 is 2.62 bits per heavy atom. The van der Waals surface area contributed by atoms with E-state index in [2.05, 4.69) is 5.16 Å². The standard InChI is InChI=1S/C15H11ClN2O3/c1-20-13-8-7-11(9-12(13)16)18-14(17-21-15(18)19)10-5-3-2-4-6-10/h2-9H,1H3. The van der Waals surface area contributed by atoms with Crippen molar-refractivity contribution in [1.29, 1.82) is 0 Å². The smallest absolute Gasteiger partial charge is 0.446 e. The Morgan fingerprint density at radius 2 is 1.95 bits per heavy atom. The third-order valence-electron chi connectivity index (χ3n) is 3.03. The summed E-state index contributed by atoms with van der Waals surface area (Å²) in [5.74, 6) is 0.378. The van der Waals surface area contributed by atoms with Crippen molar-refractivity contribution >= 4 is 11.6 Å². The molecule has 5 nitrogen and oxygen atoms in total. The molecule has 0 amide bonds. The summed E-state index contributed by atoms with van der Waals surface area (Å²) in [7, 11) is 1.53. The van der Waals surface area contributed by atoms with Crippen molar-refractivity contribution in [2.45, 2.75) is 0 Å². The lowest BCUT2D eigenvalue weighted by Crippen LogP contribution is -2.13. The molecule has 0 aliphatic rings. The van der Waals surface area contributed by atoms with Crippen LogP contribution in [0.3, 0.4) is 0 Å². The number of benzene rings is 2. The fraction of sp³-hybridized carbons (Fsp3) is 0.0667. The van der Waals surface area contributed by atoms with Gasteiger partial charge in [0.05, 0.1) is 17.8 Å². The molecule has 0 saturated carbocycles. The molecule has 106 valence electrons. The second-order valence-electron chi connectivity index (χ2n) is 4.29. The average Bonchev–Trinajstić information content (AvgIpc) is 2.90. The van der Waals surface area contributed by atoms with Crippen LogP contribution in [0.1, 0.15) is 0 Å². The summed E-state index contributed by atoms with van der Waals surface area (Å²) < 4.78 is 11.2. The highest BCUT2D eigenvalue weighted by Crippen LogP contribution is 2.28. The highest BCUT2D eigenvalue weighted by molar-refractivity contribution is 6.32. The molecule has 0 fully saturated rings. The van der Waals surface area contributed by atoms with E-state index in [9.17, 15) is 4.79 Å². The van der Waals surface area contributed by atoms with Crippen LogP contribution in [0, 0.1) is 0 Å². The lowest BCUT2D eigenvalue weighted by molar-refractivity contribution is 0.383. The van der Waals surface area contributed by atoms with Gasteiger partial charge in [-0.25, -0.2) is 9.36 Å². The molecule has 0 unspecified atom stereocenters. The van der Waals surface area contributed by atoms with Crippen LogP contribution in [-0.4, -0.2) is 16.8 Å². The zero-order valence-corrected chi connectivity index (χ0v) is 11.9. The van der Waals surface area contributed by atoms with Gasteiger partial charge in [0.15, 0.2) is 5.82 Å². The van der Waals surface area contributed by atoms with Crippen LogP contribution in [0.15, 0.2) is 57.8 Å². The maximum atomic E-state index is 11.9. The molecule has 6 heteroatoms. The van der Waals surface area contributed by atoms with Crippen LogP contribution >= 0.6 is 11.6 Å². The molecule has 0 aliphatic heterocycles. The maximum Gasteiger partial charge on any atom is 0.446 e. The molecule has 0 aliphatic carbocycles. The van der Waals surface area contributed by atoms with Crippen molar-refractivity contribution in [1.82, 2.24) is 9.72 Å². The van der Waals surface area contributed by atoms with Crippen LogP contribution in [0.5, 0.6) is 5.75 Å². The fourth-order valence-corrected chi connectivity index (χ4v) is 2.29. The molecule has 1 aromatic heterocycles. The van der Waals surface area contributed by atoms with Crippen molar-refractivity contribution in [3.63, 3.8) is 0 Å². The molecule has 1 heterocycles. The van der Waals surface area contributed by atoms with E-state index in [-0.39, 0.29) is 0 Å². The van der Waals surface area contributed by atoms with Crippen molar-refractivity contribution in [3.8, 4) is 22.8 Å². The van der Waals surface area contributed by atoms with Crippen molar-refractivity contribution in [3.05, 3.63) is 64.1 Å². The summed E-state index contributed by atoms with van der Waals surface area (Å²) in [4.78, 5) is 11.9. The molecule has 0 bridgehead atoms. The Hall–Kier alpha value is -2.53. The third-order valence-corrected chi connectivity index (χ3v) is 3.33. The first-order valence-corrected chi connectivity index (χ1v) is 6.56. The first kappa shape index (κ1) is 13.5. The van der Waals surface area contributed by atoms with E-state index in [1.807, 2.05) is 30.3 Å². The number of methoxy groups -OCH3 is 1. The molecule has 3 aromatic rings. The van der Waals surface area contributed by atoms with E-state index in [1.54, 1.807) is 18.2 Å². The minimum atomic E-state index is -0.574.